The van der Waals surface area contributed by atoms with Crippen molar-refractivity contribution in [2.24, 2.45) is 5.16 Å². The summed E-state index contributed by atoms with van der Waals surface area (Å²) < 4.78 is 24.0. The number of nitrogens with two attached hydrogens (primary N) is 1. The highest BCUT2D eigenvalue weighted by Crippen LogP contribution is 2.21. The summed E-state index contributed by atoms with van der Waals surface area (Å²) in [5.74, 6) is -3.14. The number of imide groups is 1. The number of sulfonamides is 1. The smallest absolute Gasteiger partial charge is 0.350 e. The lowest BCUT2D eigenvalue weighted by Gasteiger charge is -2.43. The molecule has 4 amide bonds. The van der Waals surface area contributed by atoms with Crippen LogP contribution in [0.3, 0.4) is 0 Å². The Hall–Kier alpha value is -3.27. The topological polar surface area (TPSA) is 210 Å². The quantitative estimate of drug-likeness (QED) is 0.207. The number of hydrogen-bond acceptors (Lipinski definition) is 11. The summed E-state index contributed by atoms with van der Waals surface area (Å²) in [6, 6.07) is -3.21. The first kappa shape index (κ1) is 24.0. The standard InChI is InChI=1S/C15H20N6O8S2/c1-6-8(11(23)21(6)14(26)20-31(4,27)28)18-10(22)9(7-5-30-13(16)17-7)19-29-15(2,3)12(24)25/h5-6,8H,1-4H3,(H2,16,17)(H,18,22)(H,20,26)(H,24,25)/b19-9-/t6-,8-/m0/s1. The van der Waals surface area contributed by atoms with Gasteiger partial charge in [-0.2, -0.15) is 0 Å². The molecule has 2 heterocycles. The summed E-state index contributed by atoms with van der Waals surface area (Å²) in [6.07, 6.45) is 0.750. The summed E-state index contributed by atoms with van der Waals surface area (Å²) in [5.41, 5.74) is 3.33. The van der Waals surface area contributed by atoms with Crippen molar-refractivity contribution in [3.05, 3.63) is 11.1 Å². The lowest BCUT2D eigenvalue weighted by atomic mass is 9.97. The number of nitrogens with zero attached hydrogens (tertiary/aromatic N) is 3. The molecule has 0 bridgehead atoms. The Morgan fingerprint density at radius 3 is 2.45 bits per heavy atom. The van der Waals surface area contributed by atoms with Crippen LogP contribution in [0.4, 0.5) is 9.93 Å². The highest BCUT2D eigenvalue weighted by molar-refractivity contribution is 7.89. The molecule has 0 unspecified atom stereocenters. The number of oxime groups is 1. The Labute approximate surface area is 180 Å². The van der Waals surface area contributed by atoms with Crippen molar-refractivity contribution >= 4 is 56.0 Å². The molecule has 2 atom stereocenters. The van der Waals surface area contributed by atoms with E-state index in [-0.39, 0.29) is 10.8 Å². The van der Waals surface area contributed by atoms with E-state index >= 15 is 0 Å². The fourth-order valence-corrected chi connectivity index (χ4v) is 3.27. The predicted octanol–water partition coefficient (Wildman–Crippen LogP) is -1.31. The number of β-lactam (4-membered cyclic amide) rings is 1. The van der Waals surface area contributed by atoms with Gasteiger partial charge in [0.25, 0.3) is 11.8 Å². The molecule has 2 rings (SSSR count). The van der Waals surface area contributed by atoms with E-state index in [2.05, 4.69) is 15.5 Å². The Morgan fingerprint density at radius 1 is 1.39 bits per heavy atom. The van der Waals surface area contributed by atoms with Crippen molar-refractivity contribution in [3.8, 4) is 0 Å². The molecule has 5 N–H and O–H groups in total. The number of aliphatic carboxylic acids is 1. The van der Waals surface area contributed by atoms with Gasteiger partial charge in [0.2, 0.25) is 15.6 Å². The molecule has 1 aromatic rings. The Morgan fingerprint density at radius 2 is 2.00 bits per heavy atom. The molecule has 1 saturated heterocycles. The summed E-state index contributed by atoms with van der Waals surface area (Å²) in [6.45, 7) is 3.83. The third-order valence-corrected chi connectivity index (χ3v) is 5.25. The van der Waals surface area contributed by atoms with Crippen LogP contribution in [-0.2, 0) is 29.2 Å². The molecular weight excluding hydrogens is 456 g/mol. The molecule has 0 saturated carbocycles. The number of carbonyl (C=O) groups excluding carboxylic acids is 3. The van der Waals surface area contributed by atoms with E-state index in [4.69, 9.17) is 15.7 Å². The van der Waals surface area contributed by atoms with Gasteiger partial charge in [-0.25, -0.2) is 27.7 Å². The highest BCUT2D eigenvalue weighted by Gasteiger charge is 2.50. The maximum atomic E-state index is 12.7. The minimum Gasteiger partial charge on any atom is -0.478 e. The Bertz CT molecular complexity index is 1060. The number of amides is 4. The van der Waals surface area contributed by atoms with Crippen molar-refractivity contribution in [2.45, 2.75) is 38.5 Å². The second-order valence-electron chi connectivity index (χ2n) is 7.00. The van der Waals surface area contributed by atoms with E-state index in [0.717, 1.165) is 17.6 Å². The molecule has 170 valence electrons. The molecule has 31 heavy (non-hydrogen) atoms. The maximum absolute atomic E-state index is 12.7. The number of thiazole rings is 1. The molecule has 1 aliphatic rings. The minimum atomic E-state index is -3.89. The number of aromatic nitrogens is 1. The molecule has 0 aliphatic carbocycles. The van der Waals surface area contributed by atoms with Gasteiger partial charge in [0, 0.05) is 5.38 Å². The number of likely N-dealkylation sites (tertiary alicyclic amines) is 1. The zero-order chi connectivity index (χ0) is 23.7. The molecule has 0 spiro atoms. The van der Waals surface area contributed by atoms with E-state index in [1.165, 1.54) is 26.2 Å². The number of rotatable bonds is 7. The van der Waals surface area contributed by atoms with Crippen LogP contribution < -0.4 is 15.8 Å². The van der Waals surface area contributed by atoms with Gasteiger partial charge in [-0.3, -0.25) is 14.5 Å². The fourth-order valence-electron chi connectivity index (χ4n) is 2.31. The van der Waals surface area contributed by atoms with Crippen LogP contribution in [0, 0.1) is 0 Å². The number of urea groups is 1. The second kappa shape index (κ2) is 8.46. The summed E-state index contributed by atoms with van der Waals surface area (Å²) in [5, 5.41) is 16.5. The SMILES string of the molecule is C[C@H]1[C@H](NC(=O)/C(=N\OC(C)(C)C(=O)O)c2csc(N)n2)C(=O)N1C(=O)NS(C)(=O)=O. The van der Waals surface area contributed by atoms with Crippen LogP contribution in [0.5, 0.6) is 0 Å². The van der Waals surface area contributed by atoms with Crippen LogP contribution >= 0.6 is 11.3 Å². The number of anilines is 1. The molecule has 0 radical (unpaired) electrons. The van der Waals surface area contributed by atoms with Crippen LogP contribution in [-0.4, -0.2) is 76.9 Å². The molecule has 1 aliphatic heterocycles. The van der Waals surface area contributed by atoms with E-state index < -0.39 is 57.2 Å². The first-order valence-corrected chi connectivity index (χ1v) is 11.3. The van der Waals surface area contributed by atoms with E-state index in [9.17, 15) is 27.6 Å². The number of nitrogens with one attached hydrogen (secondary N) is 2. The number of carboxylic acids is 1. The van der Waals surface area contributed by atoms with E-state index in [1.54, 1.807) is 4.72 Å². The van der Waals surface area contributed by atoms with Gasteiger partial charge in [0.15, 0.2) is 10.8 Å². The summed E-state index contributed by atoms with van der Waals surface area (Å²) >= 11 is 0.988. The third kappa shape index (κ3) is 5.46. The normalized spacial score (nSPS) is 19.4. The zero-order valence-electron chi connectivity index (χ0n) is 16.8. The lowest BCUT2D eigenvalue weighted by Crippen LogP contribution is -2.73. The molecular formula is C15H20N6O8S2. The zero-order valence-corrected chi connectivity index (χ0v) is 18.4. The van der Waals surface area contributed by atoms with Gasteiger partial charge in [-0.05, 0) is 20.8 Å². The number of nitrogen functional groups attached to an aromatic ring is 1. The summed E-state index contributed by atoms with van der Waals surface area (Å²) in [7, 11) is -3.89. The van der Waals surface area contributed by atoms with Gasteiger partial charge in [-0.15, -0.1) is 11.3 Å². The second-order valence-corrected chi connectivity index (χ2v) is 9.64. The maximum Gasteiger partial charge on any atom is 0.350 e. The predicted molar refractivity (Wildman–Crippen MR) is 107 cm³/mol. The average molecular weight is 476 g/mol. The third-order valence-electron chi connectivity index (χ3n) is 4.03. The van der Waals surface area contributed by atoms with Crippen LogP contribution in [0.1, 0.15) is 26.5 Å². The van der Waals surface area contributed by atoms with Crippen molar-refractivity contribution in [3.63, 3.8) is 0 Å². The van der Waals surface area contributed by atoms with Crippen LogP contribution in [0.15, 0.2) is 10.5 Å². The average Bonchev–Trinajstić information content (AvgIpc) is 3.04. The van der Waals surface area contributed by atoms with Crippen molar-refractivity contribution < 1.29 is 37.5 Å². The molecule has 1 aromatic heterocycles. The Balaban J connectivity index is 2.20. The first-order chi connectivity index (χ1) is 14.1. The monoisotopic (exact) mass is 476 g/mol. The van der Waals surface area contributed by atoms with Crippen molar-refractivity contribution in [1.82, 2.24) is 19.9 Å². The van der Waals surface area contributed by atoms with Crippen molar-refractivity contribution in [1.29, 1.82) is 0 Å². The number of carboxylic acid groups (broad SMARTS) is 1. The largest absolute Gasteiger partial charge is 0.478 e. The molecule has 1 fully saturated rings. The molecule has 0 aromatic carbocycles. The van der Waals surface area contributed by atoms with E-state index in [0.29, 0.717) is 4.90 Å². The first-order valence-electron chi connectivity index (χ1n) is 8.50. The molecule has 16 heteroatoms. The van der Waals surface area contributed by atoms with Crippen LogP contribution in [0.25, 0.3) is 0 Å². The fraction of sp³-hybridized carbons (Fsp3) is 0.467. The van der Waals surface area contributed by atoms with Crippen molar-refractivity contribution in [2.75, 3.05) is 12.0 Å². The van der Waals surface area contributed by atoms with Crippen LogP contribution in [0.2, 0.25) is 0 Å². The Kier molecular flexibility index (Phi) is 6.55. The van der Waals surface area contributed by atoms with Gasteiger partial charge in [0.1, 0.15) is 11.7 Å². The number of carbonyl (C=O) groups is 4. The van der Waals surface area contributed by atoms with Gasteiger partial charge in [0.05, 0.1) is 12.3 Å². The van der Waals surface area contributed by atoms with Gasteiger partial charge < -0.3 is 21.0 Å². The highest BCUT2D eigenvalue weighted by atomic mass is 32.2. The molecule has 14 nitrogen and oxygen atoms in total. The van der Waals surface area contributed by atoms with E-state index in [1.807, 2.05) is 0 Å². The van der Waals surface area contributed by atoms with Gasteiger partial charge >= 0.3 is 12.0 Å². The lowest BCUT2D eigenvalue weighted by molar-refractivity contribution is -0.161. The summed E-state index contributed by atoms with van der Waals surface area (Å²) in [4.78, 5) is 57.6. The minimum absolute atomic E-state index is 0.0210. The van der Waals surface area contributed by atoms with Gasteiger partial charge in [-0.1, -0.05) is 5.16 Å². The number of hydrogen-bond donors (Lipinski definition) is 4.